The molecule has 0 heterocycles. The lowest BCUT2D eigenvalue weighted by atomic mass is 9.98. The first-order valence-corrected chi connectivity index (χ1v) is 10.0. The van der Waals surface area contributed by atoms with Crippen LogP contribution in [-0.2, 0) is 14.3 Å². The van der Waals surface area contributed by atoms with Gasteiger partial charge in [0.25, 0.3) is 0 Å². The molecule has 4 nitrogen and oxygen atoms in total. The van der Waals surface area contributed by atoms with E-state index in [2.05, 4.69) is 6.58 Å². The van der Waals surface area contributed by atoms with Crippen molar-refractivity contribution in [1.29, 1.82) is 0 Å². The fourth-order valence-electron chi connectivity index (χ4n) is 2.46. The van der Waals surface area contributed by atoms with Gasteiger partial charge in [-0.05, 0) is 45.7 Å². The maximum Gasteiger partial charge on any atom is 0.332 e. The number of carbonyl (C=O) groups is 1. The summed E-state index contributed by atoms with van der Waals surface area (Å²) in [7, 11) is 0. The van der Waals surface area contributed by atoms with E-state index in [4.69, 9.17) is 14.2 Å². The van der Waals surface area contributed by atoms with Gasteiger partial charge in [0.2, 0.25) is 0 Å². The molecular weight excluding hydrogens is 340 g/mol. The van der Waals surface area contributed by atoms with Gasteiger partial charge < -0.3 is 14.2 Å². The van der Waals surface area contributed by atoms with E-state index in [1.165, 1.54) is 19.3 Å². The van der Waals surface area contributed by atoms with Crippen LogP contribution >= 0.6 is 0 Å². The van der Waals surface area contributed by atoms with Crippen LogP contribution < -0.4 is 4.74 Å². The van der Waals surface area contributed by atoms with Crippen LogP contribution in [0.1, 0.15) is 66.7 Å². The monoisotopic (exact) mass is 378 g/mol. The Bertz CT molecular complexity index is 485. The second-order valence-corrected chi connectivity index (χ2v) is 7.07. The van der Waals surface area contributed by atoms with Crippen molar-refractivity contribution in [3.8, 4) is 5.75 Å². The van der Waals surface area contributed by atoms with E-state index in [-0.39, 0.29) is 18.7 Å². The molecule has 0 radical (unpaired) electrons. The molecule has 154 valence electrons. The summed E-state index contributed by atoms with van der Waals surface area (Å²) in [5.41, 5.74) is -0.410. The Labute approximate surface area is 165 Å². The maximum atomic E-state index is 11.4. The highest BCUT2D eigenvalue weighted by Crippen LogP contribution is 2.20. The first-order valence-electron chi connectivity index (χ1n) is 10.0. The van der Waals surface area contributed by atoms with Crippen LogP contribution in [0.2, 0.25) is 0 Å². The lowest BCUT2D eigenvalue weighted by molar-refractivity contribution is -0.162. The largest absolute Gasteiger partial charge is 0.490 e. The number of esters is 1. The number of para-hydroxylation sites is 1. The Kier molecular flexibility index (Phi) is 14.2. The lowest BCUT2D eigenvalue weighted by Gasteiger charge is -2.23. The van der Waals surface area contributed by atoms with Crippen molar-refractivity contribution in [1.82, 2.24) is 0 Å². The molecule has 0 unspecified atom stereocenters. The van der Waals surface area contributed by atoms with Crippen LogP contribution in [0, 0.1) is 0 Å². The number of hydrogen-bond donors (Lipinski definition) is 0. The van der Waals surface area contributed by atoms with Crippen molar-refractivity contribution in [2.24, 2.45) is 0 Å². The summed E-state index contributed by atoms with van der Waals surface area (Å²) in [6, 6.07) is 9.69. The zero-order valence-electron chi connectivity index (χ0n) is 17.8. The topological polar surface area (TPSA) is 44.8 Å². The van der Waals surface area contributed by atoms with Crippen molar-refractivity contribution in [2.75, 3.05) is 13.2 Å². The highest BCUT2D eigenvalue weighted by molar-refractivity contribution is 5.71. The molecule has 0 bridgehead atoms. The molecule has 1 aromatic carbocycles. The van der Waals surface area contributed by atoms with Crippen molar-refractivity contribution >= 4 is 5.97 Å². The summed E-state index contributed by atoms with van der Waals surface area (Å²) in [4.78, 5) is 11.4. The van der Waals surface area contributed by atoms with Crippen LogP contribution in [0.3, 0.4) is 0 Å². The minimum Gasteiger partial charge on any atom is -0.490 e. The number of hydrogen-bond acceptors (Lipinski definition) is 4. The molecule has 0 aromatic heterocycles. The average molecular weight is 379 g/mol. The quantitative estimate of drug-likeness (QED) is 0.453. The normalized spacial score (nSPS) is 14.0. The SMILES string of the molecule is C=CCOc1ccccc1.CC.CC(C)(C)OC(=O)COC1CCCCC1. The summed E-state index contributed by atoms with van der Waals surface area (Å²) in [6.07, 6.45) is 7.91. The highest BCUT2D eigenvalue weighted by Gasteiger charge is 2.19. The van der Waals surface area contributed by atoms with Crippen LogP contribution in [0.15, 0.2) is 43.0 Å². The Morgan fingerprint density at radius 1 is 1.11 bits per heavy atom. The second kappa shape index (κ2) is 15.3. The molecule has 0 N–H and O–H groups in total. The van der Waals surface area contributed by atoms with Crippen molar-refractivity contribution in [3.63, 3.8) is 0 Å². The van der Waals surface area contributed by atoms with Gasteiger partial charge in [-0.2, -0.15) is 0 Å². The van der Waals surface area contributed by atoms with E-state index in [1.54, 1.807) is 6.08 Å². The zero-order valence-corrected chi connectivity index (χ0v) is 17.8. The van der Waals surface area contributed by atoms with Crippen LogP contribution in [0.25, 0.3) is 0 Å². The molecule has 0 atom stereocenters. The van der Waals surface area contributed by atoms with Crippen molar-refractivity contribution in [2.45, 2.75) is 78.4 Å². The summed E-state index contributed by atoms with van der Waals surface area (Å²) < 4.78 is 15.9. The standard InChI is InChI=1S/C12H22O3.C9H10O.C2H6/c1-12(2,3)15-11(13)9-14-10-7-5-4-6-8-10;1-2-8-10-9-6-4-3-5-7-9;1-2/h10H,4-9H2,1-3H3;2-7H,1,8H2;1-2H3. The van der Waals surface area contributed by atoms with Gasteiger partial charge in [0.1, 0.15) is 24.6 Å². The lowest BCUT2D eigenvalue weighted by Crippen LogP contribution is -2.28. The van der Waals surface area contributed by atoms with Gasteiger partial charge in [-0.15, -0.1) is 0 Å². The predicted octanol–water partition coefficient (Wildman–Crippen LogP) is 5.96. The van der Waals surface area contributed by atoms with Crippen molar-refractivity contribution in [3.05, 3.63) is 43.0 Å². The van der Waals surface area contributed by atoms with E-state index in [1.807, 2.05) is 65.0 Å². The summed E-state index contributed by atoms with van der Waals surface area (Å²) in [5, 5.41) is 0. The second-order valence-electron chi connectivity index (χ2n) is 7.07. The third-order valence-corrected chi connectivity index (χ3v) is 3.52. The molecule has 0 aliphatic heterocycles. The van der Waals surface area contributed by atoms with E-state index in [0.29, 0.717) is 6.61 Å². The average Bonchev–Trinajstić information content (AvgIpc) is 2.67. The number of ether oxygens (including phenoxy) is 3. The van der Waals surface area contributed by atoms with E-state index >= 15 is 0 Å². The Hall–Kier alpha value is -1.81. The van der Waals surface area contributed by atoms with Crippen LogP contribution in [0.5, 0.6) is 5.75 Å². The molecule has 4 heteroatoms. The molecule has 2 rings (SSSR count). The molecule has 1 fully saturated rings. The number of carbonyl (C=O) groups excluding carboxylic acids is 1. The smallest absolute Gasteiger partial charge is 0.332 e. The Morgan fingerprint density at radius 3 is 2.22 bits per heavy atom. The number of rotatable bonds is 6. The van der Waals surface area contributed by atoms with E-state index in [0.717, 1.165) is 18.6 Å². The van der Waals surface area contributed by atoms with Gasteiger partial charge in [0.15, 0.2) is 0 Å². The van der Waals surface area contributed by atoms with Gasteiger partial charge in [-0.25, -0.2) is 4.79 Å². The molecule has 27 heavy (non-hydrogen) atoms. The molecule has 0 saturated heterocycles. The fraction of sp³-hybridized carbons (Fsp3) is 0.609. The first kappa shape index (κ1) is 25.2. The maximum absolute atomic E-state index is 11.4. The highest BCUT2D eigenvalue weighted by atomic mass is 16.6. The molecular formula is C23H38O4. The third-order valence-electron chi connectivity index (χ3n) is 3.52. The van der Waals surface area contributed by atoms with E-state index < -0.39 is 5.60 Å². The Balaban J connectivity index is 0.000000488. The number of benzene rings is 1. The molecule has 1 aliphatic carbocycles. The first-order chi connectivity index (χ1) is 12.9. The van der Waals surface area contributed by atoms with Gasteiger partial charge in [0, 0.05) is 0 Å². The predicted molar refractivity (Wildman–Crippen MR) is 112 cm³/mol. The van der Waals surface area contributed by atoms with Crippen LogP contribution in [-0.4, -0.2) is 30.9 Å². The van der Waals surface area contributed by atoms with Crippen molar-refractivity contribution < 1.29 is 19.0 Å². The van der Waals surface area contributed by atoms with Gasteiger partial charge in [-0.3, -0.25) is 0 Å². The molecule has 1 saturated carbocycles. The van der Waals surface area contributed by atoms with E-state index in [9.17, 15) is 4.79 Å². The fourth-order valence-corrected chi connectivity index (χ4v) is 2.46. The summed E-state index contributed by atoms with van der Waals surface area (Å²) in [5.74, 6) is 0.635. The minimum absolute atomic E-state index is 0.0991. The third kappa shape index (κ3) is 15.0. The molecule has 0 spiro atoms. The molecule has 1 aromatic rings. The zero-order chi connectivity index (χ0) is 20.5. The van der Waals surface area contributed by atoms with Gasteiger partial charge in [-0.1, -0.05) is 64.0 Å². The van der Waals surface area contributed by atoms with Gasteiger partial charge >= 0.3 is 5.97 Å². The summed E-state index contributed by atoms with van der Waals surface area (Å²) in [6.45, 7) is 13.8. The summed E-state index contributed by atoms with van der Waals surface area (Å²) >= 11 is 0. The van der Waals surface area contributed by atoms with Crippen LogP contribution in [0.4, 0.5) is 0 Å². The molecule has 1 aliphatic rings. The minimum atomic E-state index is -0.410. The Morgan fingerprint density at radius 2 is 1.70 bits per heavy atom. The molecule has 0 amide bonds. The van der Waals surface area contributed by atoms with Gasteiger partial charge in [0.05, 0.1) is 6.10 Å².